The van der Waals surface area contributed by atoms with Crippen LogP contribution in [0.3, 0.4) is 0 Å². The molecule has 2 nitrogen and oxygen atoms in total. The van der Waals surface area contributed by atoms with Gasteiger partial charge in [-0.3, -0.25) is 4.57 Å². The maximum absolute atomic E-state index is 13.9. The van der Waals surface area contributed by atoms with Crippen LogP contribution in [-0.2, 0) is 4.57 Å². The fourth-order valence-corrected chi connectivity index (χ4v) is 6.22. The largest absolute Gasteiger partial charge is 0.296 e. The highest BCUT2D eigenvalue weighted by atomic mass is 31.2. The Morgan fingerprint density at radius 1 is 1.08 bits per heavy atom. The molecule has 1 aromatic carbocycles. The van der Waals surface area contributed by atoms with E-state index in [1.165, 1.54) is 0 Å². The third-order valence-corrected chi connectivity index (χ3v) is 7.67. The van der Waals surface area contributed by atoms with E-state index in [9.17, 15) is 4.57 Å². The molecule has 2 unspecified atom stereocenters. The third-order valence-electron chi connectivity index (χ3n) is 3.18. The molecule has 4 heteroatoms. The van der Waals surface area contributed by atoms with Gasteiger partial charge in [-0.25, -0.2) is 4.86 Å². The summed E-state index contributed by atoms with van der Waals surface area (Å²) in [6, 6.07) is 9.99. The predicted octanol–water partition coefficient (Wildman–Crippen LogP) is 6.07. The van der Waals surface area contributed by atoms with Crippen LogP contribution in [-0.4, -0.2) is 0 Å². The highest BCUT2D eigenvalue weighted by Gasteiger charge is 2.28. The van der Waals surface area contributed by atoms with Crippen LogP contribution >= 0.6 is 16.0 Å². The molecule has 126 valence electrons. The van der Waals surface area contributed by atoms with Gasteiger partial charge in [0.05, 0.1) is 0 Å². The summed E-state index contributed by atoms with van der Waals surface area (Å²) >= 11 is 0. The lowest BCUT2D eigenvalue weighted by molar-refractivity contribution is 0.582. The molecule has 0 saturated carbocycles. The van der Waals surface area contributed by atoms with E-state index in [1.807, 2.05) is 68.5 Å². The van der Waals surface area contributed by atoms with Crippen LogP contribution in [0.15, 0.2) is 103 Å². The lowest BCUT2D eigenvalue weighted by Gasteiger charge is -2.22. The minimum atomic E-state index is -2.98. The van der Waals surface area contributed by atoms with E-state index >= 15 is 0 Å². The highest BCUT2D eigenvalue weighted by Crippen LogP contribution is 2.60. The van der Waals surface area contributed by atoms with Crippen molar-refractivity contribution in [1.29, 1.82) is 0 Å². The van der Waals surface area contributed by atoms with Crippen LogP contribution < -0.4 is 10.2 Å². The number of hydrogen-bond acceptors (Lipinski definition) is 1. The number of rotatable bonds is 9. The predicted molar refractivity (Wildman–Crippen MR) is 111 cm³/mol. The second-order valence-corrected chi connectivity index (χ2v) is 8.82. The molecule has 0 fully saturated rings. The molecule has 1 N–H and O–H groups in total. The van der Waals surface area contributed by atoms with Crippen LogP contribution in [0, 0.1) is 0 Å². The van der Waals surface area contributed by atoms with E-state index in [4.69, 9.17) is 0 Å². The molecule has 0 bridgehead atoms. The zero-order valence-corrected chi connectivity index (χ0v) is 16.2. The average Bonchev–Trinajstić information content (AvgIpc) is 2.61. The van der Waals surface area contributed by atoms with Gasteiger partial charge in [0.2, 0.25) is 7.29 Å². The number of hydrogen-bond donors (Lipinski definition) is 1. The summed E-state index contributed by atoms with van der Waals surface area (Å²) in [6.07, 6.45) is 14.4. The van der Waals surface area contributed by atoms with Crippen molar-refractivity contribution in [3.63, 3.8) is 0 Å². The first-order chi connectivity index (χ1) is 11.6. The van der Waals surface area contributed by atoms with Crippen LogP contribution in [0.4, 0.5) is 0 Å². The van der Waals surface area contributed by atoms with Gasteiger partial charge in [0, 0.05) is 10.6 Å². The summed E-state index contributed by atoms with van der Waals surface area (Å²) in [5.41, 5.74) is 0. The van der Waals surface area contributed by atoms with Gasteiger partial charge < -0.3 is 0 Å². The average molecular weight is 357 g/mol. The zero-order valence-electron chi connectivity index (χ0n) is 14.3. The Hall–Kier alpha value is -1.72. The first-order valence-electron chi connectivity index (χ1n) is 7.72. The lowest BCUT2D eigenvalue weighted by Crippen LogP contribution is -2.08. The Kier molecular flexibility index (Phi) is 9.27. The van der Waals surface area contributed by atoms with Gasteiger partial charge in [-0.05, 0) is 27.9 Å². The molecule has 0 aromatic heterocycles. The maximum atomic E-state index is 13.9. The van der Waals surface area contributed by atoms with E-state index in [2.05, 4.69) is 18.0 Å². The molecule has 0 amide bonds. The number of nitrogens with one attached hydrogen (secondary N) is 1. The summed E-state index contributed by atoms with van der Waals surface area (Å²) in [7, 11) is -2.74. The van der Waals surface area contributed by atoms with Gasteiger partial charge in [0.1, 0.15) is 0 Å². The highest BCUT2D eigenvalue weighted by molar-refractivity contribution is 7.77. The van der Waals surface area contributed by atoms with Gasteiger partial charge in [-0.2, -0.15) is 0 Å². The number of allylic oxidation sites excluding steroid dienone is 10. The van der Waals surface area contributed by atoms with Crippen LogP contribution in [0.25, 0.3) is 0 Å². The molecular weight excluding hydrogens is 332 g/mol. The van der Waals surface area contributed by atoms with Gasteiger partial charge in [0.25, 0.3) is 0 Å². The minimum absolute atomic E-state index is 0.236. The van der Waals surface area contributed by atoms with E-state index in [0.29, 0.717) is 0 Å². The smallest absolute Gasteiger partial charge is 0.207 e. The van der Waals surface area contributed by atoms with Gasteiger partial charge >= 0.3 is 0 Å². The second-order valence-electron chi connectivity index (χ2n) is 4.85. The Morgan fingerprint density at radius 2 is 1.79 bits per heavy atom. The topological polar surface area (TPSA) is 29.1 Å². The Balaban J connectivity index is 3.30. The monoisotopic (exact) mass is 357 g/mol. The Morgan fingerprint density at radius 3 is 2.33 bits per heavy atom. The van der Waals surface area contributed by atoms with Gasteiger partial charge in [-0.15, -0.1) is 0 Å². The standard InChI is InChI=1S/C20H25NOP2/c1-5-9-17-19(8-4)24(22,20(13-6-2)14-7-3)21-23-18-15-11-10-12-16-18/h5-17,23H,1-2H2,3-4H3,(H,21,22)/b14-7-,17-9-,19-8+,20-13+. The van der Waals surface area contributed by atoms with Crippen molar-refractivity contribution >= 4 is 21.3 Å². The lowest BCUT2D eigenvalue weighted by atomic mass is 10.4. The van der Waals surface area contributed by atoms with Crippen molar-refractivity contribution in [3.05, 3.63) is 103 Å². The molecule has 1 aromatic rings. The molecule has 1 rings (SSSR count). The summed E-state index contributed by atoms with van der Waals surface area (Å²) < 4.78 is 13.9. The molecule has 0 aliphatic carbocycles. The fourth-order valence-electron chi connectivity index (χ4n) is 2.05. The van der Waals surface area contributed by atoms with Crippen LogP contribution in [0.1, 0.15) is 13.8 Å². The van der Waals surface area contributed by atoms with Crippen molar-refractivity contribution in [1.82, 2.24) is 4.86 Å². The molecule has 0 aliphatic heterocycles. The summed E-state index contributed by atoms with van der Waals surface area (Å²) in [4.78, 5) is 3.30. The van der Waals surface area contributed by atoms with Crippen molar-refractivity contribution < 1.29 is 4.57 Å². The molecule has 0 heterocycles. The molecule has 0 radical (unpaired) electrons. The van der Waals surface area contributed by atoms with Crippen molar-refractivity contribution in [2.75, 3.05) is 0 Å². The van der Waals surface area contributed by atoms with E-state index in [0.717, 1.165) is 15.9 Å². The maximum Gasteiger partial charge on any atom is 0.207 e. The number of benzene rings is 1. The normalized spacial score (nSPS) is 16.1. The van der Waals surface area contributed by atoms with E-state index in [-0.39, 0.29) is 8.73 Å². The van der Waals surface area contributed by atoms with Gasteiger partial charge in [0.15, 0.2) is 0 Å². The quantitative estimate of drug-likeness (QED) is 0.430. The Labute approximate surface area is 147 Å². The van der Waals surface area contributed by atoms with Crippen LogP contribution in [0.2, 0.25) is 0 Å². The zero-order chi connectivity index (χ0) is 17.8. The molecular formula is C20H25NOP2. The molecule has 0 spiro atoms. The van der Waals surface area contributed by atoms with Gasteiger partial charge in [-0.1, -0.05) is 92.1 Å². The summed E-state index contributed by atoms with van der Waals surface area (Å²) in [5.74, 6) is 0. The third kappa shape index (κ3) is 5.73. The Bertz CT molecular complexity index is 712. The van der Waals surface area contributed by atoms with Crippen molar-refractivity contribution in [2.45, 2.75) is 13.8 Å². The van der Waals surface area contributed by atoms with E-state index < -0.39 is 7.29 Å². The summed E-state index contributed by atoms with van der Waals surface area (Å²) in [6.45, 7) is 11.2. The molecule has 2 atom stereocenters. The molecule has 0 aliphatic rings. The van der Waals surface area contributed by atoms with Crippen LogP contribution in [0.5, 0.6) is 0 Å². The first kappa shape index (κ1) is 20.3. The SMILES string of the molecule is C=C/C=C\C(=C/C)P(=O)(NPc1ccccc1)C(/C=C\C)=C/C=C. The molecule has 0 saturated heterocycles. The van der Waals surface area contributed by atoms with E-state index in [1.54, 1.807) is 24.3 Å². The van der Waals surface area contributed by atoms with Crippen molar-refractivity contribution in [2.24, 2.45) is 0 Å². The second kappa shape index (κ2) is 10.9. The first-order valence-corrected chi connectivity index (χ1v) is 10.4. The minimum Gasteiger partial charge on any atom is -0.296 e. The van der Waals surface area contributed by atoms with Crippen molar-refractivity contribution in [3.8, 4) is 0 Å². The molecule has 24 heavy (non-hydrogen) atoms. The fraction of sp³-hybridized carbons (Fsp3) is 0.100. The summed E-state index contributed by atoms with van der Waals surface area (Å²) in [5, 5.41) is 2.58.